The Hall–Kier alpha value is -1.10. The number of methoxy groups -OCH3 is 1. The molecule has 1 fully saturated rings. The minimum atomic E-state index is -0.138. The van der Waals surface area contributed by atoms with Gasteiger partial charge in [-0.3, -0.25) is 9.59 Å². The molecule has 0 aromatic heterocycles. The summed E-state index contributed by atoms with van der Waals surface area (Å²) in [5, 5.41) is 5.59. The summed E-state index contributed by atoms with van der Waals surface area (Å²) in [5.74, 6) is -0.0877. The van der Waals surface area contributed by atoms with Gasteiger partial charge in [0.05, 0.1) is 0 Å². The zero-order valence-corrected chi connectivity index (χ0v) is 8.50. The van der Waals surface area contributed by atoms with Crippen molar-refractivity contribution < 1.29 is 14.3 Å². The van der Waals surface area contributed by atoms with E-state index in [0.29, 0.717) is 12.8 Å². The summed E-state index contributed by atoms with van der Waals surface area (Å²) < 4.78 is 4.70. The molecule has 2 N–H and O–H groups in total. The van der Waals surface area contributed by atoms with Gasteiger partial charge in [0.25, 0.3) is 0 Å². The Labute approximate surface area is 83.2 Å². The molecule has 5 nitrogen and oxygen atoms in total. The van der Waals surface area contributed by atoms with E-state index in [9.17, 15) is 9.59 Å². The fourth-order valence-electron chi connectivity index (χ4n) is 1.54. The van der Waals surface area contributed by atoms with Gasteiger partial charge in [0.1, 0.15) is 6.61 Å². The van der Waals surface area contributed by atoms with Gasteiger partial charge in [-0.1, -0.05) is 0 Å². The molecule has 2 atom stereocenters. The molecule has 1 saturated heterocycles. The van der Waals surface area contributed by atoms with Crippen LogP contribution in [0.1, 0.15) is 19.8 Å². The summed E-state index contributed by atoms with van der Waals surface area (Å²) in [6.45, 7) is 1.95. The topological polar surface area (TPSA) is 67.4 Å². The van der Waals surface area contributed by atoms with Gasteiger partial charge in [0.2, 0.25) is 11.8 Å². The summed E-state index contributed by atoms with van der Waals surface area (Å²) in [5.41, 5.74) is 0. The number of hydrogen-bond acceptors (Lipinski definition) is 3. The van der Waals surface area contributed by atoms with Crippen molar-refractivity contribution in [3.8, 4) is 0 Å². The fourth-order valence-corrected chi connectivity index (χ4v) is 1.54. The molecule has 80 valence electrons. The Morgan fingerprint density at radius 2 is 2.43 bits per heavy atom. The molecule has 1 aliphatic heterocycles. The normalized spacial score (nSPS) is 26.9. The molecular formula is C9H16N2O3. The van der Waals surface area contributed by atoms with Crippen molar-refractivity contribution in [3.05, 3.63) is 0 Å². The van der Waals surface area contributed by atoms with Crippen LogP contribution in [0.4, 0.5) is 0 Å². The van der Waals surface area contributed by atoms with Gasteiger partial charge < -0.3 is 15.4 Å². The first-order valence-corrected chi connectivity index (χ1v) is 4.71. The second kappa shape index (κ2) is 4.95. The van der Waals surface area contributed by atoms with Crippen LogP contribution in [0.3, 0.4) is 0 Å². The zero-order valence-electron chi connectivity index (χ0n) is 8.50. The van der Waals surface area contributed by atoms with E-state index in [1.54, 1.807) is 0 Å². The minimum absolute atomic E-state index is 0.00273. The van der Waals surface area contributed by atoms with Crippen LogP contribution in [0, 0.1) is 0 Å². The maximum atomic E-state index is 11.2. The molecular weight excluding hydrogens is 184 g/mol. The standard InChI is InChI=1S/C9H16N2O3/c1-6-7(3-4-8(12)10-6)11-9(13)5-14-2/h6-7H,3-5H2,1-2H3,(H,10,12)(H,11,13). The molecule has 0 aliphatic carbocycles. The molecule has 14 heavy (non-hydrogen) atoms. The van der Waals surface area contributed by atoms with Gasteiger partial charge in [0, 0.05) is 25.6 Å². The molecule has 0 saturated carbocycles. The van der Waals surface area contributed by atoms with Crippen LogP contribution < -0.4 is 10.6 Å². The lowest BCUT2D eigenvalue weighted by atomic mass is 9.99. The van der Waals surface area contributed by atoms with E-state index in [-0.39, 0.29) is 30.5 Å². The molecule has 1 heterocycles. The van der Waals surface area contributed by atoms with E-state index in [2.05, 4.69) is 10.6 Å². The molecule has 2 unspecified atom stereocenters. The van der Waals surface area contributed by atoms with E-state index >= 15 is 0 Å². The van der Waals surface area contributed by atoms with Crippen LogP contribution in [-0.2, 0) is 14.3 Å². The van der Waals surface area contributed by atoms with E-state index in [1.807, 2.05) is 6.92 Å². The summed E-state index contributed by atoms with van der Waals surface area (Å²) in [6.07, 6.45) is 1.17. The smallest absolute Gasteiger partial charge is 0.246 e. The number of amides is 2. The maximum absolute atomic E-state index is 11.2. The third kappa shape index (κ3) is 2.99. The lowest BCUT2D eigenvalue weighted by Gasteiger charge is -2.30. The number of rotatable bonds is 3. The van der Waals surface area contributed by atoms with Gasteiger partial charge >= 0.3 is 0 Å². The van der Waals surface area contributed by atoms with Crippen LogP contribution in [0.5, 0.6) is 0 Å². The second-order valence-corrected chi connectivity index (χ2v) is 3.50. The average molecular weight is 200 g/mol. The lowest BCUT2D eigenvalue weighted by Crippen LogP contribution is -2.54. The van der Waals surface area contributed by atoms with E-state index < -0.39 is 0 Å². The summed E-state index contributed by atoms with van der Waals surface area (Å²) >= 11 is 0. The largest absolute Gasteiger partial charge is 0.375 e. The van der Waals surface area contributed by atoms with Gasteiger partial charge in [-0.15, -0.1) is 0 Å². The number of ether oxygens (including phenoxy) is 1. The predicted molar refractivity (Wildman–Crippen MR) is 50.6 cm³/mol. The Morgan fingerprint density at radius 1 is 1.71 bits per heavy atom. The SMILES string of the molecule is COCC(=O)NC1CCC(=O)NC1C. The number of carbonyl (C=O) groups excluding carboxylic acids is 2. The Kier molecular flexibility index (Phi) is 3.88. The first-order chi connectivity index (χ1) is 6.63. The van der Waals surface area contributed by atoms with Crippen LogP contribution >= 0.6 is 0 Å². The summed E-state index contributed by atoms with van der Waals surface area (Å²) in [7, 11) is 1.48. The molecule has 0 aromatic carbocycles. The zero-order chi connectivity index (χ0) is 10.6. The van der Waals surface area contributed by atoms with Crippen LogP contribution in [0.15, 0.2) is 0 Å². The van der Waals surface area contributed by atoms with Crippen molar-refractivity contribution >= 4 is 11.8 Å². The first kappa shape index (κ1) is 11.0. The number of piperidine rings is 1. The number of carbonyl (C=O) groups is 2. The molecule has 0 bridgehead atoms. The molecule has 2 amide bonds. The molecule has 0 aromatic rings. The van der Waals surface area contributed by atoms with E-state index in [0.717, 1.165) is 0 Å². The van der Waals surface area contributed by atoms with Gasteiger partial charge in [-0.25, -0.2) is 0 Å². The molecule has 1 rings (SSSR count). The second-order valence-electron chi connectivity index (χ2n) is 3.50. The third-order valence-corrected chi connectivity index (χ3v) is 2.30. The maximum Gasteiger partial charge on any atom is 0.246 e. The van der Waals surface area contributed by atoms with Gasteiger partial charge in [-0.05, 0) is 13.3 Å². The van der Waals surface area contributed by atoms with Crippen molar-refractivity contribution in [1.82, 2.24) is 10.6 Å². The third-order valence-electron chi connectivity index (χ3n) is 2.30. The van der Waals surface area contributed by atoms with E-state index in [1.165, 1.54) is 7.11 Å². The summed E-state index contributed by atoms with van der Waals surface area (Å²) in [6, 6.07) is 0.0207. The van der Waals surface area contributed by atoms with Crippen LogP contribution in [0.2, 0.25) is 0 Å². The number of hydrogen-bond donors (Lipinski definition) is 2. The van der Waals surface area contributed by atoms with Crippen molar-refractivity contribution in [2.45, 2.75) is 31.8 Å². The van der Waals surface area contributed by atoms with Crippen LogP contribution in [0.25, 0.3) is 0 Å². The fraction of sp³-hybridized carbons (Fsp3) is 0.778. The molecule has 0 radical (unpaired) electrons. The van der Waals surface area contributed by atoms with Crippen molar-refractivity contribution in [2.75, 3.05) is 13.7 Å². The average Bonchev–Trinajstić information content (AvgIpc) is 2.10. The Bertz CT molecular complexity index is 230. The predicted octanol–water partition coefficient (Wildman–Crippen LogP) is -0.584. The molecule has 1 aliphatic rings. The van der Waals surface area contributed by atoms with Crippen LogP contribution in [-0.4, -0.2) is 37.6 Å². The van der Waals surface area contributed by atoms with Crippen molar-refractivity contribution in [1.29, 1.82) is 0 Å². The molecule has 0 spiro atoms. The minimum Gasteiger partial charge on any atom is -0.375 e. The van der Waals surface area contributed by atoms with E-state index in [4.69, 9.17) is 4.74 Å². The molecule has 5 heteroatoms. The highest BCUT2D eigenvalue weighted by Gasteiger charge is 2.25. The van der Waals surface area contributed by atoms with Gasteiger partial charge in [0.15, 0.2) is 0 Å². The monoisotopic (exact) mass is 200 g/mol. The highest BCUT2D eigenvalue weighted by atomic mass is 16.5. The van der Waals surface area contributed by atoms with Crippen molar-refractivity contribution in [3.63, 3.8) is 0 Å². The van der Waals surface area contributed by atoms with Gasteiger partial charge in [-0.2, -0.15) is 0 Å². The quantitative estimate of drug-likeness (QED) is 0.640. The first-order valence-electron chi connectivity index (χ1n) is 4.71. The highest BCUT2D eigenvalue weighted by molar-refractivity contribution is 5.79. The lowest BCUT2D eigenvalue weighted by molar-refractivity contribution is -0.128. The Morgan fingerprint density at radius 3 is 3.00 bits per heavy atom. The highest BCUT2D eigenvalue weighted by Crippen LogP contribution is 2.08. The van der Waals surface area contributed by atoms with Crippen molar-refractivity contribution in [2.24, 2.45) is 0 Å². The summed E-state index contributed by atoms with van der Waals surface area (Å²) in [4.78, 5) is 22.2. The Balaban J connectivity index is 2.37. The number of nitrogens with one attached hydrogen (secondary N) is 2.